The molecule has 5 heteroatoms. The first-order chi connectivity index (χ1) is 11.2. The lowest BCUT2D eigenvalue weighted by Crippen LogP contribution is -2.51. The van der Waals surface area contributed by atoms with Gasteiger partial charge in [0.15, 0.2) is 0 Å². The summed E-state index contributed by atoms with van der Waals surface area (Å²) in [6, 6.07) is 9.13. The minimum Gasteiger partial charge on any atom is -0.469 e. The van der Waals surface area contributed by atoms with Crippen LogP contribution in [-0.2, 0) is 9.53 Å². The molecule has 126 valence electrons. The van der Waals surface area contributed by atoms with Crippen molar-refractivity contribution in [2.24, 2.45) is 5.92 Å². The van der Waals surface area contributed by atoms with Gasteiger partial charge < -0.3 is 4.74 Å². The molecule has 1 aromatic carbocycles. The van der Waals surface area contributed by atoms with Crippen molar-refractivity contribution in [3.8, 4) is 0 Å². The van der Waals surface area contributed by atoms with E-state index in [2.05, 4.69) is 51.8 Å². The fourth-order valence-electron chi connectivity index (χ4n) is 4.41. The van der Waals surface area contributed by atoms with Crippen LogP contribution in [0.25, 0.3) is 0 Å². The molecular weight excluding hydrogens is 407 g/mol. The summed E-state index contributed by atoms with van der Waals surface area (Å²) in [5.74, 6) is -0.0545. The third kappa shape index (κ3) is 3.40. The Balaban J connectivity index is 1.88. The number of nitrogens with zero attached hydrogens (tertiary/aromatic N) is 1. The fourth-order valence-corrected chi connectivity index (χ4v) is 4.77. The quantitative estimate of drug-likeness (QED) is 0.527. The number of esters is 1. The molecule has 0 N–H and O–H groups in total. The van der Waals surface area contributed by atoms with Gasteiger partial charge in [0, 0.05) is 28.1 Å². The lowest BCUT2D eigenvalue weighted by molar-refractivity contribution is -0.150. The standard InChI is InChI=1S/C18H23FINO2/c1-23-18(22)17-15(12-3-5-13(20)6-4-12)11-14-7-8-16(17)21(14)10-2-9-19/h3-6,14-17H,2,7-11H2,1H3/i19-1. The number of ether oxygens (including phenoxy) is 1. The van der Waals surface area contributed by atoms with E-state index in [-0.39, 0.29) is 30.5 Å². The summed E-state index contributed by atoms with van der Waals surface area (Å²) in [5, 5.41) is 0. The van der Waals surface area contributed by atoms with Crippen LogP contribution in [0.4, 0.5) is 4.39 Å². The highest BCUT2D eigenvalue weighted by atomic mass is 127. The summed E-state index contributed by atoms with van der Waals surface area (Å²) in [7, 11) is 1.47. The summed E-state index contributed by atoms with van der Waals surface area (Å²) >= 11 is 2.30. The molecule has 23 heavy (non-hydrogen) atoms. The molecule has 2 fully saturated rings. The number of carbonyl (C=O) groups is 1. The van der Waals surface area contributed by atoms with E-state index in [9.17, 15) is 9.18 Å². The second-order valence-electron chi connectivity index (χ2n) is 6.52. The number of piperidine rings is 1. The maximum Gasteiger partial charge on any atom is 0.310 e. The highest BCUT2D eigenvalue weighted by Crippen LogP contribution is 2.47. The normalized spacial score (nSPS) is 30.4. The average Bonchev–Trinajstić information content (AvgIpc) is 2.84. The van der Waals surface area contributed by atoms with E-state index < -0.39 is 0 Å². The molecule has 3 rings (SSSR count). The molecule has 0 saturated carbocycles. The molecule has 0 radical (unpaired) electrons. The Bertz CT molecular complexity index is 550. The molecule has 2 aliphatic heterocycles. The van der Waals surface area contributed by atoms with E-state index in [1.165, 1.54) is 16.2 Å². The van der Waals surface area contributed by atoms with Crippen LogP contribution >= 0.6 is 22.6 Å². The summed E-state index contributed by atoms with van der Waals surface area (Å²) in [6.07, 6.45) is 3.63. The van der Waals surface area contributed by atoms with Crippen molar-refractivity contribution in [3.05, 3.63) is 33.4 Å². The Hall–Kier alpha value is -0.690. The molecule has 0 aliphatic carbocycles. The van der Waals surface area contributed by atoms with E-state index in [0.29, 0.717) is 12.5 Å². The Morgan fingerprint density at radius 3 is 2.74 bits per heavy atom. The number of hydrogen-bond acceptors (Lipinski definition) is 3. The molecule has 0 amide bonds. The molecule has 3 nitrogen and oxygen atoms in total. The van der Waals surface area contributed by atoms with Crippen molar-refractivity contribution in [2.75, 3.05) is 20.3 Å². The maximum atomic E-state index is 12.6. The number of methoxy groups -OCH3 is 1. The van der Waals surface area contributed by atoms with Crippen molar-refractivity contribution in [1.82, 2.24) is 4.90 Å². The van der Waals surface area contributed by atoms with E-state index in [1.807, 2.05) is 0 Å². The summed E-state index contributed by atoms with van der Waals surface area (Å²) < 4.78 is 18.9. The van der Waals surface area contributed by atoms with E-state index in [0.717, 1.165) is 25.8 Å². The van der Waals surface area contributed by atoms with Crippen molar-refractivity contribution in [2.45, 2.75) is 43.7 Å². The maximum absolute atomic E-state index is 12.6. The Morgan fingerprint density at radius 2 is 2.09 bits per heavy atom. The number of fused-ring (bicyclic) bond motifs is 2. The van der Waals surface area contributed by atoms with Crippen LogP contribution < -0.4 is 0 Å². The topological polar surface area (TPSA) is 29.5 Å². The summed E-state index contributed by atoms with van der Waals surface area (Å²) in [4.78, 5) is 14.9. The highest BCUT2D eigenvalue weighted by Gasteiger charge is 2.50. The van der Waals surface area contributed by atoms with Crippen molar-refractivity contribution < 1.29 is 13.9 Å². The molecular formula is C18H23FINO2. The zero-order valence-corrected chi connectivity index (χ0v) is 15.5. The first-order valence-corrected chi connectivity index (χ1v) is 9.38. The van der Waals surface area contributed by atoms with Gasteiger partial charge in [-0.1, -0.05) is 12.1 Å². The van der Waals surface area contributed by atoms with Gasteiger partial charge in [0.2, 0.25) is 0 Å². The molecule has 0 spiro atoms. The number of hydrogen-bond donors (Lipinski definition) is 0. The van der Waals surface area contributed by atoms with Gasteiger partial charge in [-0.3, -0.25) is 14.1 Å². The smallest absolute Gasteiger partial charge is 0.310 e. The molecule has 1 aromatic rings. The monoisotopic (exact) mass is 430 g/mol. The first-order valence-electron chi connectivity index (χ1n) is 8.30. The molecule has 2 aliphatic rings. The minimum atomic E-state index is -0.292. The van der Waals surface area contributed by atoms with Gasteiger partial charge in [-0.2, -0.15) is 0 Å². The van der Waals surface area contributed by atoms with Crippen LogP contribution in [0.2, 0.25) is 0 Å². The van der Waals surface area contributed by atoms with Crippen molar-refractivity contribution in [3.63, 3.8) is 0 Å². The third-order valence-electron chi connectivity index (χ3n) is 5.39. The predicted octanol–water partition coefficient (Wildman–Crippen LogP) is 3.76. The Kier molecular flexibility index (Phi) is 5.57. The minimum absolute atomic E-state index is 0.121. The fraction of sp³-hybridized carbons (Fsp3) is 0.611. The lowest BCUT2D eigenvalue weighted by Gasteiger charge is -2.43. The summed E-state index contributed by atoms with van der Waals surface area (Å²) in [5.41, 5.74) is 1.22. The van der Waals surface area contributed by atoms with Crippen molar-refractivity contribution >= 4 is 28.6 Å². The van der Waals surface area contributed by atoms with Gasteiger partial charge in [0.1, 0.15) is 0 Å². The predicted molar refractivity (Wildman–Crippen MR) is 96.1 cm³/mol. The van der Waals surface area contributed by atoms with Gasteiger partial charge in [0.05, 0.1) is 19.7 Å². The van der Waals surface area contributed by atoms with E-state index >= 15 is 0 Å². The average molecular weight is 430 g/mol. The summed E-state index contributed by atoms with van der Waals surface area (Å²) in [6.45, 7) is 0.456. The number of alkyl halides is 1. The zero-order valence-electron chi connectivity index (χ0n) is 13.4. The molecule has 4 atom stereocenters. The zero-order chi connectivity index (χ0) is 16.4. The highest BCUT2D eigenvalue weighted by molar-refractivity contribution is 14.1. The van der Waals surface area contributed by atoms with Gasteiger partial charge >= 0.3 is 5.97 Å². The molecule has 2 heterocycles. The molecule has 2 saturated heterocycles. The van der Waals surface area contributed by atoms with Crippen LogP contribution in [0, 0.1) is 9.49 Å². The van der Waals surface area contributed by atoms with Gasteiger partial charge in [0.25, 0.3) is 0 Å². The van der Waals surface area contributed by atoms with Crippen LogP contribution in [0.15, 0.2) is 24.3 Å². The molecule has 2 bridgehead atoms. The van der Waals surface area contributed by atoms with Gasteiger partial charge in [-0.05, 0) is 66.0 Å². The number of rotatable bonds is 5. The third-order valence-corrected chi connectivity index (χ3v) is 6.11. The van der Waals surface area contributed by atoms with E-state index in [1.54, 1.807) is 0 Å². The number of carbonyl (C=O) groups excluding carboxylic acids is 1. The van der Waals surface area contributed by atoms with Crippen LogP contribution in [0.1, 0.15) is 37.2 Å². The van der Waals surface area contributed by atoms with Crippen LogP contribution in [-0.4, -0.2) is 43.3 Å². The second-order valence-corrected chi connectivity index (χ2v) is 7.77. The number of benzene rings is 1. The first kappa shape index (κ1) is 17.1. The second kappa shape index (κ2) is 7.47. The van der Waals surface area contributed by atoms with Crippen molar-refractivity contribution in [1.29, 1.82) is 0 Å². The van der Waals surface area contributed by atoms with Crippen LogP contribution in [0.3, 0.4) is 0 Å². The molecule has 0 aromatic heterocycles. The Morgan fingerprint density at radius 1 is 1.35 bits per heavy atom. The Labute approximate surface area is 150 Å². The van der Waals surface area contributed by atoms with Gasteiger partial charge in [-0.15, -0.1) is 0 Å². The lowest BCUT2D eigenvalue weighted by atomic mass is 9.76. The largest absolute Gasteiger partial charge is 0.469 e. The van der Waals surface area contributed by atoms with Crippen LogP contribution in [0.5, 0.6) is 0 Å². The van der Waals surface area contributed by atoms with Gasteiger partial charge in [-0.25, -0.2) is 0 Å². The SMILES string of the molecule is COC(=O)C1C(c2ccc(I)cc2)CC2CCC1N2CCC[18F]. The molecule has 4 unspecified atom stereocenters. The van der Waals surface area contributed by atoms with E-state index in [4.69, 9.17) is 4.74 Å². The number of halogens is 2.